The molecule has 2 rings (SSSR count). The molecule has 0 aliphatic carbocycles. The van der Waals surface area contributed by atoms with Crippen molar-refractivity contribution in [2.45, 2.75) is 17.6 Å². The molecule has 3 nitrogen and oxygen atoms in total. The van der Waals surface area contributed by atoms with E-state index in [1.54, 1.807) is 13.0 Å². The average molecular weight is 297 g/mol. The minimum atomic E-state index is -3.78. The standard InChI is InChI=1S/C14H13F2NO2S/c1-9-2-5-14(13(17)6-9)20(18,19)8-10-3-4-11(15)7-12(10)16/h2-7H,8,17H2,1H3. The van der Waals surface area contributed by atoms with Crippen molar-refractivity contribution in [3.05, 3.63) is 59.2 Å². The number of halogens is 2. The molecule has 0 atom stereocenters. The van der Waals surface area contributed by atoms with E-state index >= 15 is 0 Å². The first-order valence-corrected chi connectivity index (χ1v) is 7.47. The molecule has 6 heteroatoms. The minimum Gasteiger partial charge on any atom is -0.398 e. The summed E-state index contributed by atoms with van der Waals surface area (Å²) in [5, 5.41) is 0. The molecular formula is C14H13F2NO2S. The van der Waals surface area contributed by atoms with Gasteiger partial charge in [-0.3, -0.25) is 0 Å². The quantitative estimate of drug-likeness (QED) is 0.886. The highest BCUT2D eigenvalue weighted by Gasteiger charge is 2.20. The topological polar surface area (TPSA) is 60.2 Å². The van der Waals surface area contributed by atoms with Crippen molar-refractivity contribution in [3.63, 3.8) is 0 Å². The molecule has 0 fully saturated rings. The Bertz CT molecular complexity index is 758. The molecule has 0 aliphatic rings. The first-order valence-electron chi connectivity index (χ1n) is 5.82. The van der Waals surface area contributed by atoms with Gasteiger partial charge in [0.05, 0.1) is 16.3 Å². The van der Waals surface area contributed by atoms with Gasteiger partial charge in [-0.25, -0.2) is 17.2 Å². The summed E-state index contributed by atoms with van der Waals surface area (Å²) in [7, 11) is -3.78. The van der Waals surface area contributed by atoms with Crippen LogP contribution in [0.15, 0.2) is 41.3 Å². The third-order valence-electron chi connectivity index (χ3n) is 2.86. The monoisotopic (exact) mass is 297 g/mol. The summed E-state index contributed by atoms with van der Waals surface area (Å²) < 4.78 is 50.8. The first kappa shape index (κ1) is 14.5. The molecule has 2 aromatic carbocycles. The lowest BCUT2D eigenvalue weighted by atomic mass is 10.2. The number of hydrogen-bond donors (Lipinski definition) is 1. The molecule has 0 spiro atoms. The maximum Gasteiger partial charge on any atom is 0.184 e. The smallest absolute Gasteiger partial charge is 0.184 e. The summed E-state index contributed by atoms with van der Waals surface area (Å²) in [4.78, 5) is -0.0492. The third kappa shape index (κ3) is 2.96. The van der Waals surface area contributed by atoms with Gasteiger partial charge in [0.2, 0.25) is 0 Å². The van der Waals surface area contributed by atoms with E-state index in [2.05, 4.69) is 0 Å². The van der Waals surface area contributed by atoms with Gasteiger partial charge in [0, 0.05) is 11.6 Å². The van der Waals surface area contributed by atoms with Crippen LogP contribution in [0, 0.1) is 18.6 Å². The highest BCUT2D eigenvalue weighted by molar-refractivity contribution is 7.90. The maximum atomic E-state index is 13.5. The summed E-state index contributed by atoms with van der Waals surface area (Å²) in [6, 6.07) is 7.34. The number of aryl methyl sites for hydroxylation is 1. The fourth-order valence-corrected chi connectivity index (χ4v) is 3.36. The van der Waals surface area contributed by atoms with Crippen LogP contribution in [0.4, 0.5) is 14.5 Å². The molecule has 0 saturated carbocycles. The summed E-state index contributed by atoms with van der Waals surface area (Å²) in [5.74, 6) is -2.20. The van der Waals surface area contributed by atoms with E-state index in [4.69, 9.17) is 5.73 Å². The van der Waals surface area contributed by atoms with Gasteiger partial charge in [0.1, 0.15) is 11.6 Å². The second kappa shape index (κ2) is 5.20. The summed E-state index contributed by atoms with van der Waals surface area (Å²) in [6.45, 7) is 1.78. The van der Waals surface area contributed by atoms with E-state index in [-0.39, 0.29) is 16.1 Å². The zero-order valence-electron chi connectivity index (χ0n) is 10.7. The minimum absolute atomic E-state index is 0.0492. The fraction of sp³-hybridized carbons (Fsp3) is 0.143. The zero-order valence-corrected chi connectivity index (χ0v) is 11.5. The van der Waals surface area contributed by atoms with Crippen molar-refractivity contribution in [2.75, 3.05) is 5.73 Å². The second-order valence-corrected chi connectivity index (χ2v) is 6.49. The highest BCUT2D eigenvalue weighted by atomic mass is 32.2. The lowest BCUT2D eigenvalue weighted by Gasteiger charge is -2.09. The maximum absolute atomic E-state index is 13.5. The average Bonchev–Trinajstić information content (AvgIpc) is 2.32. The molecule has 2 N–H and O–H groups in total. The Kier molecular flexibility index (Phi) is 3.76. The third-order valence-corrected chi connectivity index (χ3v) is 4.59. The number of rotatable bonds is 3. The van der Waals surface area contributed by atoms with Crippen LogP contribution < -0.4 is 5.73 Å². The molecule has 0 unspecified atom stereocenters. The molecule has 0 bridgehead atoms. The molecule has 106 valence electrons. The molecule has 0 saturated heterocycles. The molecule has 0 aliphatic heterocycles. The molecule has 0 aromatic heterocycles. The lowest BCUT2D eigenvalue weighted by Crippen LogP contribution is -2.09. The van der Waals surface area contributed by atoms with Crippen molar-refractivity contribution in [1.29, 1.82) is 0 Å². The van der Waals surface area contributed by atoms with E-state index < -0.39 is 27.2 Å². The van der Waals surface area contributed by atoms with Crippen LogP contribution in [0.5, 0.6) is 0 Å². The Balaban J connectivity index is 2.41. The van der Waals surface area contributed by atoms with E-state index in [1.165, 1.54) is 12.1 Å². The fourth-order valence-electron chi connectivity index (χ4n) is 1.87. The number of nitrogen functional groups attached to an aromatic ring is 1. The Morgan fingerprint density at radius 3 is 2.40 bits per heavy atom. The molecule has 2 aromatic rings. The number of benzene rings is 2. The van der Waals surface area contributed by atoms with Crippen LogP contribution in [-0.4, -0.2) is 8.42 Å². The van der Waals surface area contributed by atoms with Crippen molar-refractivity contribution >= 4 is 15.5 Å². The van der Waals surface area contributed by atoms with Crippen LogP contribution in [0.2, 0.25) is 0 Å². The molecule has 0 amide bonds. The predicted octanol–water partition coefficient (Wildman–Crippen LogP) is 2.83. The van der Waals surface area contributed by atoms with Crippen LogP contribution in [0.25, 0.3) is 0 Å². The van der Waals surface area contributed by atoms with Crippen LogP contribution >= 0.6 is 0 Å². The highest BCUT2D eigenvalue weighted by Crippen LogP contribution is 2.24. The van der Waals surface area contributed by atoms with Crippen molar-refractivity contribution < 1.29 is 17.2 Å². The van der Waals surface area contributed by atoms with Crippen LogP contribution in [-0.2, 0) is 15.6 Å². The molecule has 0 radical (unpaired) electrons. The summed E-state index contributed by atoms with van der Waals surface area (Å²) >= 11 is 0. The van der Waals surface area contributed by atoms with Crippen molar-refractivity contribution in [1.82, 2.24) is 0 Å². The summed E-state index contributed by atoms with van der Waals surface area (Å²) in [5.41, 5.74) is 6.55. The number of anilines is 1. The second-order valence-electron chi connectivity index (χ2n) is 4.54. The van der Waals surface area contributed by atoms with Gasteiger partial charge >= 0.3 is 0 Å². The van der Waals surface area contributed by atoms with Gasteiger partial charge in [-0.15, -0.1) is 0 Å². The lowest BCUT2D eigenvalue weighted by molar-refractivity contribution is 0.569. The molecular weight excluding hydrogens is 284 g/mol. The largest absolute Gasteiger partial charge is 0.398 e. The van der Waals surface area contributed by atoms with E-state index in [0.717, 1.165) is 17.7 Å². The summed E-state index contributed by atoms with van der Waals surface area (Å²) in [6.07, 6.45) is 0. The van der Waals surface area contributed by atoms with Gasteiger partial charge in [-0.1, -0.05) is 12.1 Å². The van der Waals surface area contributed by atoms with E-state index in [9.17, 15) is 17.2 Å². The van der Waals surface area contributed by atoms with Gasteiger partial charge in [0.15, 0.2) is 9.84 Å². The van der Waals surface area contributed by atoms with Gasteiger partial charge < -0.3 is 5.73 Å². The van der Waals surface area contributed by atoms with E-state index in [0.29, 0.717) is 6.07 Å². The van der Waals surface area contributed by atoms with Crippen LogP contribution in [0.1, 0.15) is 11.1 Å². The van der Waals surface area contributed by atoms with Crippen molar-refractivity contribution in [2.24, 2.45) is 0 Å². The normalized spacial score (nSPS) is 11.6. The Morgan fingerprint density at radius 2 is 1.80 bits per heavy atom. The Hall–Kier alpha value is -1.95. The van der Waals surface area contributed by atoms with Crippen molar-refractivity contribution in [3.8, 4) is 0 Å². The van der Waals surface area contributed by atoms with Gasteiger partial charge in [-0.2, -0.15) is 0 Å². The molecule has 0 heterocycles. The zero-order chi connectivity index (χ0) is 14.9. The Morgan fingerprint density at radius 1 is 1.10 bits per heavy atom. The predicted molar refractivity (Wildman–Crippen MR) is 72.8 cm³/mol. The number of sulfone groups is 1. The van der Waals surface area contributed by atoms with Gasteiger partial charge in [0.25, 0.3) is 0 Å². The number of hydrogen-bond acceptors (Lipinski definition) is 3. The van der Waals surface area contributed by atoms with Gasteiger partial charge in [-0.05, 0) is 30.7 Å². The van der Waals surface area contributed by atoms with E-state index in [1.807, 2.05) is 0 Å². The SMILES string of the molecule is Cc1ccc(S(=O)(=O)Cc2ccc(F)cc2F)c(N)c1. The van der Waals surface area contributed by atoms with Crippen LogP contribution in [0.3, 0.4) is 0 Å². The molecule has 20 heavy (non-hydrogen) atoms. The number of nitrogens with two attached hydrogens (primary N) is 1. The Labute approximate surface area is 116 Å². The first-order chi connectivity index (χ1) is 9.29.